The van der Waals surface area contributed by atoms with E-state index in [0.717, 1.165) is 11.6 Å². The van der Waals surface area contributed by atoms with Gasteiger partial charge in [0.2, 0.25) is 0 Å². The van der Waals surface area contributed by atoms with Crippen LogP contribution in [0.25, 0.3) is 22.0 Å². The van der Waals surface area contributed by atoms with Crippen LogP contribution in [0, 0.1) is 6.92 Å². The van der Waals surface area contributed by atoms with Crippen molar-refractivity contribution in [2.75, 3.05) is 5.32 Å². The van der Waals surface area contributed by atoms with E-state index < -0.39 is 23.6 Å². The lowest BCUT2D eigenvalue weighted by Gasteiger charge is -2.16. The fourth-order valence-corrected chi connectivity index (χ4v) is 4.29. The maximum absolute atomic E-state index is 13.8. The Labute approximate surface area is 221 Å². The Hall–Kier alpha value is -4.98. The monoisotopic (exact) mass is 526 g/mol. The highest BCUT2D eigenvalue weighted by molar-refractivity contribution is 6.17. The number of para-hydroxylation sites is 1. The zero-order valence-corrected chi connectivity index (χ0v) is 20.6. The molecule has 5 rings (SSSR count). The minimum atomic E-state index is -4.64. The van der Waals surface area contributed by atoms with Crippen LogP contribution in [0.2, 0.25) is 0 Å². The van der Waals surface area contributed by atoms with Gasteiger partial charge in [0.15, 0.2) is 5.78 Å². The van der Waals surface area contributed by atoms with E-state index in [1.807, 2.05) is 6.92 Å². The van der Waals surface area contributed by atoms with Crippen LogP contribution in [0.15, 0.2) is 103 Å². The summed E-state index contributed by atoms with van der Waals surface area (Å²) in [5.41, 5.74) is 1.35. The second-order valence-electron chi connectivity index (χ2n) is 8.85. The number of alkyl halides is 3. The van der Waals surface area contributed by atoms with Crippen LogP contribution in [0.3, 0.4) is 0 Å². The molecular formula is C31H21F3N2O3. The predicted octanol–water partition coefficient (Wildman–Crippen LogP) is 8.07. The number of benzene rings is 4. The molecule has 0 radical (unpaired) electrons. The molecule has 1 amide bonds. The van der Waals surface area contributed by atoms with E-state index in [1.165, 1.54) is 18.3 Å². The van der Waals surface area contributed by atoms with Gasteiger partial charge in [-0.25, -0.2) is 4.79 Å². The maximum atomic E-state index is 13.8. The number of halogens is 3. The number of ether oxygens (including phenoxy) is 1. The van der Waals surface area contributed by atoms with Crippen molar-refractivity contribution in [3.05, 3.63) is 126 Å². The number of nitrogens with zero attached hydrogens (tertiary/aromatic N) is 1. The molecule has 0 aliphatic rings. The Morgan fingerprint density at radius 3 is 2.28 bits per heavy atom. The average Bonchev–Trinajstić information content (AvgIpc) is 2.93. The van der Waals surface area contributed by atoms with Crippen molar-refractivity contribution in [2.45, 2.75) is 13.1 Å². The van der Waals surface area contributed by atoms with Gasteiger partial charge >= 0.3 is 12.3 Å². The number of ketones is 1. The third-order valence-corrected chi connectivity index (χ3v) is 6.11. The number of rotatable bonds is 5. The Balaban J connectivity index is 1.60. The van der Waals surface area contributed by atoms with Gasteiger partial charge in [0.1, 0.15) is 5.75 Å². The smallest absolute Gasteiger partial charge is 0.410 e. The number of carbonyl (C=O) groups is 2. The molecular weight excluding hydrogens is 505 g/mol. The van der Waals surface area contributed by atoms with Gasteiger partial charge in [-0.15, -0.1) is 0 Å². The molecule has 0 bridgehead atoms. The lowest BCUT2D eigenvalue weighted by molar-refractivity contribution is -0.136. The van der Waals surface area contributed by atoms with Crippen LogP contribution in [-0.2, 0) is 6.18 Å². The lowest BCUT2D eigenvalue weighted by Crippen LogP contribution is -2.16. The number of aryl methyl sites for hydroxylation is 1. The molecule has 0 saturated carbocycles. The average molecular weight is 527 g/mol. The SMILES string of the molecule is Cc1ccc(OC(=O)Nc2cccc(-c3c(C(=O)c4ccccc4)cnc4c(C(F)(F)F)cccc34)c2)cc1. The van der Waals surface area contributed by atoms with Crippen molar-refractivity contribution in [1.29, 1.82) is 0 Å². The number of aromatic nitrogens is 1. The first-order chi connectivity index (χ1) is 18.7. The molecule has 0 atom stereocenters. The Bertz CT molecular complexity index is 1680. The molecule has 0 aliphatic carbocycles. The number of anilines is 1. The van der Waals surface area contributed by atoms with Gasteiger partial charge in [-0.2, -0.15) is 13.2 Å². The molecule has 0 saturated heterocycles. The molecule has 1 heterocycles. The lowest BCUT2D eigenvalue weighted by atomic mass is 9.91. The van der Waals surface area contributed by atoms with Crippen LogP contribution >= 0.6 is 0 Å². The van der Waals surface area contributed by atoms with E-state index in [-0.39, 0.29) is 22.0 Å². The number of amides is 1. The highest BCUT2D eigenvalue weighted by Gasteiger charge is 2.34. The van der Waals surface area contributed by atoms with Gasteiger partial charge in [-0.3, -0.25) is 15.1 Å². The standard InChI is InChI=1S/C31H21F3N2O3/c1-19-13-15-23(16-14-19)39-30(38)36-22-10-5-9-21(17-22)27-24-11-6-12-26(31(32,33)34)28(24)35-18-25(27)29(37)20-7-3-2-4-8-20/h2-18H,1H3,(H,36,38). The summed E-state index contributed by atoms with van der Waals surface area (Å²) in [5.74, 6) is -0.0423. The first-order valence-corrected chi connectivity index (χ1v) is 12.0. The van der Waals surface area contributed by atoms with E-state index in [0.29, 0.717) is 22.6 Å². The van der Waals surface area contributed by atoms with Crippen LogP contribution in [-0.4, -0.2) is 16.9 Å². The van der Waals surface area contributed by atoms with Crippen molar-refractivity contribution >= 4 is 28.5 Å². The number of nitrogens with one attached hydrogen (secondary N) is 1. The number of hydrogen-bond acceptors (Lipinski definition) is 4. The summed E-state index contributed by atoms with van der Waals surface area (Å²) >= 11 is 0. The van der Waals surface area contributed by atoms with Crippen LogP contribution in [0.1, 0.15) is 27.0 Å². The van der Waals surface area contributed by atoms with Crippen LogP contribution in [0.4, 0.5) is 23.7 Å². The van der Waals surface area contributed by atoms with Gasteiger partial charge in [0, 0.05) is 34.0 Å². The first kappa shape index (κ1) is 25.7. The van der Waals surface area contributed by atoms with Crippen molar-refractivity contribution in [1.82, 2.24) is 4.98 Å². The van der Waals surface area contributed by atoms with E-state index in [4.69, 9.17) is 4.74 Å². The highest BCUT2D eigenvalue weighted by Crippen LogP contribution is 2.39. The second kappa shape index (κ2) is 10.4. The number of fused-ring (bicyclic) bond motifs is 1. The van der Waals surface area contributed by atoms with E-state index in [1.54, 1.807) is 78.9 Å². The molecule has 39 heavy (non-hydrogen) atoms. The number of hydrogen-bond donors (Lipinski definition) is 1. The van der Waals surface area contributed by atoms with Gasteiger partial charge < -0.3 is 4.74 Å². The Kier molecular flexibility index (Phi) is 6.85. The topological polar surface area (TPSA) is 68.3 Å². The third kappa shape index (κ3) is 5.50. The molecule has 0 spiro atoms. The number of carbonyl (C=O) groups excluding carboxylic acids is 2. The van der Waals surface area contributed by atoms with Crippen LogP contribution in [0.5, 0.6) is 5.75 Å². The Morgan fingerprint density at radius 1 is 0.846 bits per heavy atom. The molecule has 1 aromatic heterocycles. The largest absolute Gasteiger partial charge is 0.418 e. The predicted molar refractivity (Wildman–Crippen MR) is 143 cm³/mol. The van der Waals surface area contributed by atoms with Gasteiger partial charge in [-0.1, -0.05) is 72.3 Å². The minimum Gasteiger partial charge on any atom is -0.410 e. The molecule has 0 fully saturated rings. The zero-order valence-electron chi connectivity index (χ0n) is 20.6. The molecule has 4 aromatic carbocycles. The zero-order chi connectivity index (χ0) is 27.6. The molecule has 0 aliphatic heterocycles. The first-order valence-electron chi connectivity index (χ1n) is 12.0. The molecule has 1 N–H and O–H groups in total. The molecule has 5 aromatic rings. The Morgan fingerprint density at radius 2 is 1.56 bits per heavy atom. The fraction of sp³-hybridized carbons (Fsp3) is 0.0645. The van der Waals surface area contributed by atoms with E-state index in [9.17, 15) is 22.8 Å². The fourth-order valence-electron chi connectivity index (χ4n) is 4.29. The molecule has 8 heteroatoms. The van der Waals surface area contributed by atoms with Gasteiger partial charge in [0.05, 0.1) is 11.1 Å². The third-order valence-electron chi connectivity index (χ3n) is 6.11. The summed E-state index contributed by atoms with van der Waals surface area (Å²) in [6.45, 7) is 1.91. The summed E-state index contributed by atoms with van der Waals surface area (Å²) in [7, 11) is 0. The van der Waals surface area contributed by atoms with Crippen molar-refractivity contribution in [3.8, 4) is 16.9 Å². The van der Waals surface area contributed by atoms with E-state index in [2.05, 4.69) is 10.3 Å². The highest BCUT2D eigenvalue weighted by atomic mass is 19.4. The summed E-state index contributed by atoms with van der Waals surface area (Å²) in [5, 5.41) is 2.80. The van der Waals surface area contributed by atoms with E-state index >= 15 is 0 Å². The quantitative estimate of drug-likeness (QED) is 0.235. The van der Waals surface area contributed by atoms with Crippen molar-refractivity contribution in [3.63, 3.8) is 0 Å². The minimum absolute atomic E-state index is 0.132. The van der Waals surface area contributed by atoms with Gasteiger partial charge in [0.25, 0.3) is 0 Å². The summed E-state index contributed by atoms with van der Waals surface area (Å²) < 4.78 is 46.8. The molecule has 5 nitrogen and oxygen atoms in total. The normalized spacial score (nSPS) is 11.3. The van der Waals surface area contributed by atoms with Crippen LogP contribution < -0.4 is 10.1 Å². The summed E-state index contributed by atoms with van der Waals surface area (Å²) in [4.78, 5) is 30.1. The maximum Gasteiger partial charge on any atom is 0.418 e. The molecule has 194 valence electrons. The van der Waals surface area contributed by atoms with Crippen molar-refractivity contribution in [2.24, 2.45) is 0 Å². The molecule has 0 unspecified atom stereocenters. The number of pyridine rings is 1. The van der Waals surface area contributed by atoms with Gasteiger partial charge in [-0.05, 0) is 42.8 Å². The summed E-state index contributed by atoms with van der Waals surface area (Å²) in [6, 6.07) is 25.6. The van der Waals surface area contributed by atoms with Crippen molar-refractivity contribution < 1.29 is 27.5 Å². The summed E-state index contributed by atoms with van der Waals surface area (Å²) in [6.07, 6.45) is -4.21. The second-order valence-corrected chi connectivity index (χ2v) is 8.85.